The third kappa shape index (κ3) is 4.82. The Hall–Kier alpha value is -2.94. The lowest BCUT2D eigenvalue weighted by molar-refractivity contribution is -0.0503. The van der Waals surface area contributed by atoms with Crippen molar-refractivity contribution in [2.45, 2.75) is 18.1 Å². The number of imidazole rings is 1. The second-order valence-electron chi connectivity index (χ2n) is 5.85. The molecule has 142 valence electrons. The number of hydrogen-bond acceptors (Lipinski definition) is 4. The summed E-state index contributed by atoms with van der Waals surface area (Å²) in [4.78, 5) is 3.82. The first-order valence-corrected chi connectivity index (χ1v) is 9.44. The maximum absolute atomic E-state index is 12.7. The van der Waals surface area contributed by atoms with Gasteiger partial charge in [-0.05, 0) is 23.8 Å². The molecule has 2 aromatic carbocycles. The molecule has 0 unspecified atom stereocenters. The molecule has 0 amide bonds. The topological polar surface area (TPSA) is 73.2 Å². The Bertz CT molecular complexity index is 1020. The minimum absolute atomic E-state index is 0.00497. The number of nitrogens with zero attached hydrogens (tertiary/aromatic N) is 2. The van der Waals surface area contributed by atoms with E-state index in [4.69, 9.17) is 0 Å². The fraction of sp³-hybridized carbons (Fsp3) is 0.167. The van der Waals surface area contributed by atoms with Crippen molar-refractivity contribution in [1.82, 2.24) is 9.55 Å². The molecule has 0 saturated carbocycles. The SMILES string of the molecule is Cn1cnc(S(=O)(=O)Nc2ccc(OC(F)F)c(Cc3ccccc3)c2)c1. The molecule has 0 aliphatic carbocycles. The van der Waals surface area contributed by atoms with Gasteiger partial charge in [-0.25, -0.2) is 4.98 Å². The first-order valence-electron chi connectivity index (χ1n) is 7.96. The molecule has 1 aromatic heterocycles. The van der Waals surface area contributed by atoms with Gasteiger partial charge in [0, 0.05) is 30.9 Å². The molecule has 0 aliphatic heterocycles. The molecular weight excluding hydrogens is 376 g/mol. The molecule has 6 nitrogen and oxygen atoms in total. The van der Waals surface area contributed by atoms with E-state index in [9.17, 15) is 17.2 Å². The molecular formula is C18H17F2N3O3S. The Morgan fingerprint density at radius 3 is 2.56 bits per heavy atom. The fourth-order valence-electron chi connectivity index (χ4n) is 2.54. The van der Waals surface area contributed by atoms with Crippen LogP contribution in [0.4, 0.5) is 14.5 Å². The summed E-state index contributed by atoms with van der Waals surface area (Å²) in [5, 5.41) is -0.137. The number of benzene rings is 2. The maximum Gasteiger partial charge on any atom is 0.387 e. The van der Waals surface area contributed by atoms with E-state index in [1.165, 1.54) is 35.3 Å². The van der Waals surface area contributed by atoms with E-state index in [-0.39, 0.29) is 16.5 Å². The smallest absolute Gasteiger partial charge is 0.387 e. The minimum atomic E-state index is -3.89. The van der Waals surface area contributed by atoms with Crippen LogP contribution in [0, 0.1) is 0 Å². The van der Waals surface area contributed by atoms with Gasteiger partial charge in [0.25, 0.3) is 10.0 Å². The minimum Gasteiger partial charge on any atom is -0.435 e. The first-order chi connectivity index (χ1) is 12.8. The summed E-state index contributed by atoms with van der Waals surface area (Å²) in [5.41, 5.74) is 1.54. The standard InChI is InChI=1S/C18H17F2N3O3S/c1-23-11-17(21-12-23)27(24,25)22-15-7-8-16(26-18(19)20)14(10-15)9-13-5-3-2-4-6-13/h2-8,10-12,18,22H,9H2,1H3. The summed E-state index contributed by atoms with van der Waals surface area (Å²) in [6.07, 6.45) is 3.04. The Morgan fingerprint density at radius 2 is 1.93 bits per heavy atom. The van der Waals surface area contributed by atoms with Gasteiger partial charge in [-0.2, -0.15) is 17.2 Å². The molecule has 0 fully saturated rings. The van der Waals surface area contributed by atoms with Gasteiger partial charge in [-0.15, -0.1) is 0 Å². The van der Waals surface area contributed by atoms with Crippen LogP contribution >= 0.6 is 0 Å². The zero-order chi connectivity index (χ0) is 19.4. The van der Waals surface area contributed by atoms with Crippen molar-refractivity contribution in [3.05, 3.63) is 72.2 Å². The molecule has 27 heavy (non-hydrogen) atoms. The van der Waals surface area contributed by atoms with Crippen LogP contribution < -0.4 is 9.46 Å². The Labute approximate surface area is 155 Å². The average Bonchev–Trinajstić information content (AvgIpc) is 3.05. The fourth-order valence-corrected chi connectivity index (χ4v) is 3.58. The first kappa shape index (κ1) is 18.8. The molecule has 0 radical (unpaired) electrons. The molecule has 0 spiro atoms. The second kappa shape index (κ2) is 7.75. The predicted octanol–water partition coefficient (Wildman–Crippen LogP) is 3.41. The zero-order valence-corrected chi connectivity index (χ0v) is 15.2. The molecule has 0 atom stereocenters. The van der Waals surface area contributed by atoms with Gasteiger partial charge < -0.3 is 9.30 Å². The van der Waals surface area contributed by atoms with E-state index in [1.54, 1.807) is 7.05 Å². The van der Waals surface area contributed by atoms with Crippen LogP contribution in [0.3, 0.4) is 0 Å². The molecule has 9 heteroatoms. The molecule has 3 aromatic rings. The number of hydrogen-bond donors (Lipinski definition) is 1. The number of aromatic nitrogens is 2. The number of ether oxygens (including phenoxy) is 1. The quantitative estimate of drug-likeness (QED) is 0.668. The summed E-state index contributed by atoms with van der Waals surface area (Å²) < 4.78 is 58.7. The third-order valence-corrected chi connectivity index (χ3v) is 4.99. The van der Waals surface area contributed by atoms with Crippen molar-refractivity contribution in [2.75, 3.05) is 4.72 Å². The third-order valence-electron chi connectivity index (χ3n) is 3.72. The predicted molar refractivity (Wildman–Crippen MR) is 96.3 cm³/mol. The maximum atomic E-state index is 12.7. The Kier molecular flexibility index (Phi) is 5.41. The van der Waals surface area contributed by atoms with Crippen molar-refractivity contribution >= 4 is 15.7 Å². The van der Waals surface area contributed by atoms with Crippen molar-refractivity contribution in [2.24, 2.45) is 7.05 Å². The lowest BCUT2D eigenvalue weighted by Crippen LogP contribution is -2.14. The molecule has 0 aliphatic rings. The average molecular weight is 393 g/mol. The summed E-state index contributed by atoms with van der Waals surface area (Å²) in [5.74, 6) is -0.00497. The molecule has 0 saturated heterocycles. The number of alkyl halides is 2. The highest BCUT2D eigenvalue weighted by Gasteiger charge is 2.18. The van der Waals surface area contributed by atoms with E-state index in [0.29, 0.717) is 12.0 Å². The van der Waals surface area contributed by atoms with Crippen LogP contribution in [-0.2, 0) is 23.5 Å². The van der Waals surface area contributed by atoms with E-state index in [2.05, 4.69) is 14.4 Å². The summed E-state index contributed by atoms with van der Waals surface area (Å²) in [6, 6.07) is 13.4. The molecule has 1 heterocycles. The highest BCUT2D eigenvalue weighted by Crippen LogP contribution is 2.28. The number of aryl methyl sites for hydroxylation is 1. The zero-order valence-electron chi connectivity index (χ0n) is 14.3. The summed E-state index contributed by atoms with van der Waals surface area (Å²) in [7, 11) is -2.24. The van der Waals surface area contributed by atoms with Gasteiger partial charge >= 0.3 is 6.61 Å². The van der Waals surface area contributed by atoms with Crippen LogP contribution in [0.5, 0.6) is 5.75 Å². The van der Waals surface area contributed by atoms with Crippen LogP contribution in [0.1, 0.15) is 11.1 Å². The van der Waals surface area contributed by atoms with E-state index < -0.39 is 16.6 Å². The normalized spacial score (nSPS) is 11.6. The largest absolute Gasteiger partial charge is 0.435 e. The van der Waals surface area contributed by atoms with Crippen molar-refractivity contribution in [3.8, 4) is 5.75 Å². The molecule has 3 rings (SSSR count). The van der Waals surface area contributed by atoms with Crippen LogP contribution in [-0.4, -0.2) is 24.6 Å². The monoisotopic (exact) mass is 393 g/mol. The van der Waals surface area contributed by atoms with E-state index in [1.807, 2.05) is 30.3 Å². The van der Waals surface area contributed by atoms with Crippen molar-refractivity contribution < 1.29 is 21.9 Å². The number of sulfonamides is 1. The van der Waals surface area contributed by atoms with Gasteiger partial charge in [0.15, 0.2) is 5.03 Å². The Morgan fingerprint density at radius 1 is 1.19 bits per heavy atom. The number of anilines is 1. The molecule has 0 bridgehead atoms. The van der Waals surface area contributed by atoms with Crippen LogP contribution in [0.2, 0.25) is 0 Å². The van der Waals surface area contributed by atoms with Crippen molar-refractivity contribution in [1.29, 1.82) is 0 Å². The number of halogens is 2. The number of nitrogens with one attached hydrogen (secondary N) is 1. The van der Waals surface area contributed by atoms with Crippen LogP contribution in [0.25, 0.3) is 0 Å². The number of rotatable bonds is 7. The highest BCUT2D eigenvalue weighted by atomic mass is 32.2. The van der Waals surface area contributed by atoms with Crippen molar-refractivity contribution in [3.63, 3.8) is 0 Å². The summed E-state index contributed by atoms with van der Waals surface area (Å²) >= 11 is 0. The molecule has 1 N–H and O–H groups in total. The van der Waals surface area contributed by atoms with Gasteiger partial charge in [-0.3, -0.25) is 4.72 Å². The second-order valence-corrected chi connectivity index (χ2v) is 7.48. The van der Waals surface area contributed by atoms with Gasteiger partial charge in [0.1, 0.15) is 5.75 Å². The van der Waals surface area contributed by atoms with E-state index in [0.717, 1.165) is 5.56 Å². The summed E-state index contributed by atoms with van der Waals surface area (Å²) in [6.45, 7) is -2.98. The van der Waals surface area contributed by atoms with Gasteiger partial charge in [-0.1, -0.05) is 30.3 Å². The lowest BCUT2D eigenvalue weighted by atomic mass is 10.0. The highest BCUT2D eigenvalue weighted by molar-refractivity contribution is 7.92. The van der Waals surface area contributed by atoms with Gasteiger partial charge in [0.2, 0.25) is 0 Å². The van der Waals surface area contributed by atoms with E-state index >= 15 is 0 Å². The van der Waals surface area contributed by atoms with Gasteiger partial charge in [0.05, 0.1) is 6.33 Å². The van der Waals surface area contributed by atoms with Crippen LogP contribution in [0.15, 0.2) is 66.1 Å². The lowest BCUT2D eigenvalue weighted by Gasteiger charge is -2.14. The Balaban J connectivity index is 1.91.